The number of rotatable bonds is 5. The van der Waals surface area contributed by atoms with Gasteiger partial charge < -0.3 is 10.5 Å². The summed E-state index contributed by atoms with van der Waals surface area (Å²) in [7, 11) is 1.67. The molecule has 0 saturated heterocycles. The molecule has 0 amide bonds. The lowest BCUT2D eigenvalue weighted by Gasteiger charge is -2.22. The maximum Gasteiger partial charge on any atom is 0.123 e. The summed E-state index contributed by atoms with van der Waals surface area (Å²) in [4.78, 5) is 8.16. The van der Waals surface area contributed by atoms with E-state index in [1.807, 2.05) is 37.3 Å². The van der Waals surface area contributed by atoms with Crippen molar-refractivity contribution in [2.24, 2.45) is 5.73 Å². The maximum absolute atomic E-state index is 6.12. The van der Waals surface area contributed by atoms with Crippen LogP contribution in [0.25, 0.3) is 0 Å². The zero-order valence-electron chi connectivity index (χ0n) is 11.0. The summed E-state index contributed by atoms with van der Waals surface area (Å²) in [5.41, 5.74) is 7.21. The van der Waals surface area contributed by atoms with Crippen LogP contribution in [0.5, 0.6) is 5.75 Å². The lowest BCUT2D eigenvalue weighted by Crippen LogP contribution is -2.23. The minimum absolute atomic E-state index is 0.0173. The molecule has 4 nitrogen and oxygen atoms in total. The van der Waals surface area contributed by atoms with Crippen LogP contribution in [0, 0.1) is 0 Å². The van der Waals surface area contributed by atoms with Crippen molar-refractivity contribution in [3.8, 4) is 5.75 Å². The lowest BCUT2D eigenvalue weighted by molar-refractivity contribution is 0.408. The van der Waals surface area contributed by atoms with Crippen molar-refractivity contribution in [1.82, 2.24) is 9.97 Å². The Bertz CT molecular complexity index is 519. The molecule has 5 heteroatoms. The highest BCUT2D eigenvalue weighted by Gasteiger charge is 2.21. The molecule has 0 aliphatic carbocycles. The minimum atomic E-state index is -0.0173. The van der Waals surface area contributed by atoms with Gasteiger partial charge in [-0.15, -0.1) is 0 Å². The van der Waals surface area contributed by atoms with Gasteiger partial charge in [0.05, 0.1) is 12.4 Å². The van der Waals surface area contributed by atoms with Gasteiger partial charge in [0.15, 0.2) is 0 Å². The second-order valence-electron chi connectivity index (χ2n) is 4.19. The first kappa shape index (κ1) is 13.8. The average molecular weight is 275 g/mol. The number of hydrogen-bond acceptors (Lipinski definition) is 5. The van der Waals surface area contributed by atoms with Gasteiger partial charge in [0.1, 0.15) is 17.1 Å². The summed E-state index contributed by atoms with van der Waals surface area (Å²) in [5.74, 6) is 0.853. The Labute approximate surface area is 117 Å². The topological polar surface area (TPSA) is 61.0 Å². The third-order valence-corrected chi connectivity index (χ3v) is 4.15. The molecule has 2 N–H and O–H groups in total. The molecular formula is C14H17N3OS. The van der Waals surface area contributed by atoms with Crippen LogP contribution in [0.1, 0.15) is 17.7 Å². The van der Waals surface area contributed by atoms with E-state index in [9.17, 15) is 0 Å². The number of benzene rings is 1. The molecule has 1 aromatic heterocycles. The van der Waals surface area contributed by atoms with Gasteiger partial charge in [-0.2, -0.15) is 0 Å². The van der Waals surface area contributed by atoms with Crippen molar-refractivity contribution in [3.05, 3.63) is 48.4 Å². The zero-order chi connectivity index (χ0) is 13.7. The molecule has 1 heterocycles. The van der Waals surface area contributed by atoms with E-state index < -0.39 is 0 Å². The van der Waals surface area contributed by atoms with E-state index in [-0.39, 0.29) is 11.3 Å². The van der Waals surface area contributed by atoms with Crippen LogP contribution in [-0.4, -0.2) is 23.1 Å². The highest BCUT2D eigenvalue weighted by atomic mass is 32.2. The summed E-state index contributed by atoms with van der Waals surface area (Å²) in [6.45, 7) is 1.99. The smallest absolute Gasteiger partial charge is 0.123 e. The molecule has 0 saturated carbocycles. The lowest BCUT2D eigenvalue weighted by atomic mass is 10.1. The molecule has 0 fully saturated rings. The van der Waals surface area contributed by atoms with Crippen molar-refractivity contribution in [1.29, 1.82) is 0 Å². The molecular weight excluding hydrogens is 258 g/mol. The van der Waals surface area contributed by atoms with Gasteiger partial charge in [-0.1, -0.05) is 30.0 Å². The normalized spacial score (nSPS) is 13.8. The Balaban J connectivity index is 2.30. The summed E-state index contributed by atoms with van der Waals surface area (Å²) in [6.07, 6.45) is 3.28. The van der Waals surface area contributed by atoms with Gasteiger partial charge in [-0.05, 0) is 19.1 Å². The number of nitrogens with two attached hydrogens (primary N) is 1. The highest BCUT2D eigenvalue weighted by Crippen LogP contribution is 2.39. The van der Waals surface area contributed by atoms with Crippen LogP contribution in [0.4, 0.5) is 0 Å². The van der Waals surface area contributed by atoms with E-state index in [1.54, 1.807) is 31.4 Å². The standard InChI is InChI=1S/C14H17N3OS/c1-10(15)14(19-13-7-8-16-9-17-13)11-5-3-4-6-12(11)18-2/h3-10,14H,15H2,1-2H3. The molecule has 2 atom stereocenters. The molecule has 0 bridgehead atoms. The second kappa shape index (κ2) is 6.54. The Morgan fingerprint density at radius 1 is 1.26 bits per heavy atom. The van der Waals surface area contributed by atoms with E-state index in [0.29, 0.717) is 0 Å². The van der Waals surface area contributed by atoms with E-state index in [4.69, 9.17) is 10.5 Å². The summed E-state index contributed by atoms with van der Waals surface area (Å²) < 4.78 is 5.41. The van der Waals surface area contributed by atoms with Crippen molar-refractivity contribution >= 4 is 11.8 Å². The molecule has 0 aliphatic rings. The largest absolute Gasteiger partial charge is 0.496 e. The van der Waals surface area contributed by atoms with Gasteiger partial charge in [-0.3, -0.25) is 0 Å². The first-order valence-electron chi connectivity index (χ1n) is 6.03. The molecule has 2 rings (SSSR count). The number of methoxy groups -OCH3 is 1. The fraction of sp³-hybridized carbons (Fsp3) is 0.286. The van der Waals surface area contributed by atoms with Crippen molar-refractivity contribution < 1.29 is 4.74 Å². The molecule has 1 aromatic carbocycles. The number of aromatic nitrogens is 2. The first-order valence-corrected chi connectivity index (χ1v) is 6.91. The molecule has 2 unspecified atom stereocenters. The van der Waals surface area contributed by atoms with Gasteiger partial charge in [0, 0.05) is 17.8 Å². The fourth-order valence-corrected chi connectivity index (χ4v) is 2.88. The third-order valence-electron chi connectivity index (χ3n) is 2.73. The second-order valence-corrected chi connectivity index (χ2v) is 5.35. The van der Waals surface area contributed by atoms with Crippen LogP contribution in [0.15, 0.2) is 47.9 Å². The van der Waals surface area contributed by atoms with Crippen LogP contribution >= 0.6 is 11.8 Å². The number of hydrogen-bond donors (Lipinski definition) is 1. The molecule has 0 aliphatic heterocycles. The van der Waals surface area contributed by atoms with Crippen molar-refractivity contribution in [2.75, 3.05) is 7.11 Å². The molecule has 19 heavy (non-hydrogen) atoms. The van der Waals surface area contributed by atoms with Gasteiger partial charge in [0.2, 0.25) is 0 Å². The number of thioether (sulfide) groups is 1. The van der Waals surface area contributed by atoms with Gasteiger partial charge in [0.25, 0.3) is 0 Å². The fourth-order valence-electron chi connectivity index (χ4n) is 1.83. The molecule has 0 spiro atoms. The Morgan fingerprint density at radius 3 is 2.68 bits per heavy atom. The summed E-state index contributed by atoms with van der Waals surface area (Å²) in [6, 6.07) is 9.81. The molecule has 0 radical (unpaired) electrons. The van der Waals surface area contributed by atoms with Crippen LogP contribution in [0.2, 0.25) is 0 Å². The molecule has 2 aromatic rings. The van der Waals surface area contributed by atoms with Gasteiger partial charge in [-0.25, -0.2) is 9.97 Å². The SMILES string of the molecule is COc1ccccc1C(Sc1ccncn1)C(C)N. The summed E-state index contributed by atoms with van der Waals surface area (Å²) in [5, 5.41) is 0.995. The maximum atomic E-state index is 6.12. The predicted octanol–water partition coefficient (Wildman–Crippen LogP) is 2.67. The number of ether oxygens (including phenoxy) is 1. The van der Waals surface area contributed by atoms with Crippen molar-refractivity contribution in [2.45, 2.75) is 23.2 Å². The number of para-hydroxylation sites is 1. The molecule has 100 valence electrons. The van der Waals surface area contributed by atoms with Crippen molar-refractivity contribution in [3.63, 3.8) is 0 Å². The van der Waals surface area contributed by atoms with E-state index in [1.165, 1.54) is 0 Å². The van der Waals surface area contributed by atoms with E-state index in [0.717, 1.165) is 16.3 Å². The summed E-state index contributed by atoms with van der Waals surface area (Å²) >= 11 is 1.62. The monoisotopic (exact) mass is 275 g/mol. The Hall–Kier alpha value is -1.59. The zero-order valence-corrected chi connectivity index (χ0v) is 11.8. The van der Waals surface area contributed by atoms with Crippen LogP contribution in [-0.2, 0) is 0 Å². The Morgan fingerprint density at radius 2 is 2.05 bits per heavy atom. The Kier molecular flexibility index (Phi) is 4.76. The van der Waals surface area contributed by atoms with Crippen LogP contribution < -0.4 is 10.5 Å². The van der Waals surface area contributed by atoms with Crippen LogP contribution in [0.3, 0.4) is 0 Å². The first-order chi connectivity index (χ1) is 9.22. The highest BCUT2D eigenvalue weighted by molar-refractivity contribution is 7.99. The van der Waals surface area contributed by atoms with E-state index >= 15 is 0 Å². The minimum Gasteiger partial charge on any atom is -0.496 e. The van der Waals surface area contributed by atoms with Gasteiger partial charge >= 0.3 is 0 Å². The van der Waals surface area contributed by atoms with E-state index in [2.05, 4.69) is 9.97 Å². The average Bonchev–Trinajstić information content (AvgIpc) is 2.45. The number of nitrogens with zero attached hydrogens (tertiary/aromatic N) is 2. The quantitative estimate of drug-likeness (QED) is 0.671. The third kappa shape index (κ3) is 3.45. The predicted molar refractivity (Wildman–Crippen MR) is 77.3 cm³/mol.